The molecule has 1 saturated carbocycles. The van der Waals surface area contributed by atoms with E-state index in [4.69, 9.17) is 17.3 Å². The number of carbonyl (C=O) groups excluding carboxylic acids is 1. The van der Waals surface area contributed by atoms with Gasteiger partial charge in [0.1, 0.15) is 0 Å². The summed E-state index contributed by atoms with van der Waals surface area (Å²) in [5.74, 6) is 0.611. The summed E-state index contributed by atoms with van der Waals surface area (Å²) in [5.41, 5.74) is 7.76. The van der Waals surface area contributed by atoms with Gasteiger partial charge in [-0.2, -0.15) is 0 Å². The lowest BCUT2D eigenvalue weighted by Gasteiger charge is -2.34. The van der Waals surface area contributed by atoms with Crippen LogP contribution in [-0.2, 0) is 0 Å². The maximum Gasteiger partial charge on any atom is 0.164 e. The van der Waals surface area contributed by atoms with Crippen LogP contribution in [0.1, 0.15) is 67.8 Å². The van der Waals surface area contributed by atoms with Gasteiger partial charge < -0.3 is 5.73 Å². The fourth-order valence-electron chi connectivity index (χ4n) is 3.02. The van der Waals surface area contributed by atoms with Gasteiger partial charge in [-0.1, -0.05) is 37.6 Å². The molecule has 2 N–H and O–H groups in total. The molecule has 110 valence electrons. The van der Waals surface area contributed by atoms with Crippen molar-refractivity contribution in [1.82, 2.24) is 0 Å². The van der Waals surface area contributed by atoms with Crippen molar-refractivity contribution in [3.05, 3.63) is 34.3 Å². The van der Waals surface area contributed by atoms with Crippen LogP contribution in [0.25, 0.3) is 0 Å². The van der Waals surface area contributed by atoms with Gasteiger partial charge in [-0.15, -0.1) is 0 Å². The van der Waals surface area contributed by atoms with Crippen LogP contribution < -0.4 is 5.73 Å². The Labute approximate surface area is 126 Å². The second-order valence-electron chi connectivity index (χ2n) is 6.64. The van der Waals surface area contributed by atoms with E-state index >= 15 is 0 Å². The first kappa shape index (κ1) is 15.5. The van der Waals surface area contributed by atoms with Gasteiger partial charge in [0.15, 0.2) is 5.78 Å². The molecule has 1 aromatic rings. The number of carbonyl (C=O) groups is 1. The molecule has 20 heavy (non-hydrogen) atoms. The van der Waals surface area contributed by atoms with Crippen molar-refractivity contribution < 1.29 is 4.79 Å². The lowest BCUT2D eigenvalue weighted by Crippen LogP contribution is -2.20. The molecule has 0 radical (unpaired) electrons. The van der Waals surface area contributed by atoms with Crippen LogP contribution in [0, 0.1) is 5.41 Å². The monoisotopic (exact) mass is 293 g/mol. The fourth-order valence-corrected chi connectivity index (χ4v) is 3.35. The van der Waals surface area contributed by atoms with E-state index in [0.29, 0.717) is 29.9 Å². The van der Waals surface area contributed by atoms with E-state index in [2.05, 4.69) is 13.8 Å². The van der Waals surface area contributed by atoms with Gasteiger partial charge in [-0.05, 0) is 55.2 Å². The quantitative estimate of drug-likeness (QED) is 0.827. The molecule has 1 fully saturated rings. The molecule has 0 atom stereocenters. The summed E-state index contributed by atoms with van der Waals surface area (Å²) in [6, 6.07) is 5.75. The number of hydrogen-bond donors (Lipinski definition) is 1. The van der Waals surface area contributed by atoms with Crippen LogP contribution in [0.15, 0.2) is 18.2 Å². The average molecular weight is 294 g/mol. The molecule has 0 heterocycles. The average Bonchev–Trinajstić information content (AvgIpc) is 2.39. The Kier molecular flexibility index (Phi) is 4.87. The Morgan fingerprint density at radius 2 is 2.00 bits per heavy atom. The molecule has 0 unspecified atom stereocenters. The summed E-state index contributed by atoms with van der Waals surface area (Å²) in [6.07, 6.45) is 5.22. The van der Waals surface area contributed by atoms with Crippen molar-refractivity contribution in [2.45, 2.75) is 51.9 Å². The van der Waals surface area contributed by atoms with Gasteiger partial charge in [-0.25, -0.2) is 0 Å². The first-order valence-electron chi connectivity index (χ1n) is 7.46. The Morgan fingerprint density at radius 1 is 1.35 bits per heavy atom. The number of hydrogen-bond acceptors (Lipinski definition) is 2. The minimum Gasteiger partial charge on any atom is -0.330 e. The Morgan fingerprint density at radius 3 is 2.55 bits per heavy atom. The first-order chi connectivity index (χ1) is 9.43. The smallest absolute Gasteiger partial charge is 0.164 e. The van der Waals surface area contributed by atoms with Gasteiger partial charge >= 0.3 is 0 Å². The van der Waals surface area contributed by atoms with E-state index < -0.39 is 0 Å². The molecular weight excluding hydrogens is 270 g/mol. The predicted octanol–water partition coefficient (Wildman–Crippen LogP) is 4.56. The van der Waals surface area contributed by atoms with Gasteiger partial charge in [-0.3, -0.25) is 4.79 Å². The van der Waals surface area contributed by atoms with Crippen LogP contribution >= 0.6 is 11.6 Å². The van der Waals surface area contributed by atoms with E-state index in [0.717, 1.165) is 5.02 Å². The van der Waals surface area contributed by atoms with E-state index in [-0.39, 0.29) is 5.78 Å². The molecule has 0 spiro atoms. The number of Topliss-reactive ketones (excluding diaryl/α,β-unsaturated/α-hetero) is 1. The molecule has 3 heteroatoms. The van der Waals surface area contributed by atoms with E-state index in [9.17, 15) is 4.79 Å². The summed E-state index contributed by atoms with van der Waals surface area (Å²) < 4.78 is 0. The number of benzene rings is 1. The Hall–Kier alpha value is -0.860. The van der Waals surface area contributed by atoms with Crippen molar-refractivity contribution in [2.24, 2.45) is 11.1 Å². The minimum absolute atomic E-state index is 0.0747. The largest absolute Gasteiger partial charge is 0.330 e. The number of rotatable bonds is 4. The normalized spacial score (nSPS) is 19.0. The molecular formula is C17H24ClNO. The highest BCUT2D eigenvalue weighted by Crippen LogP contribution is 2.44. The summed E-state index contributed by atoms with van der Waals surface area (Å²) in [4.78, 5) is 11.8. The van der Waals surface area contributed by atoms with Crippen molar-refractivity contribution in [3.8, 4) is 0 Å². The molecule has 1 aliphatic carbocycles. The third-order valence-corrected chi connectivity index (χ3v) is 4.80. The van der Waals surface area contributed by atoms with Crippen LogP contribution in [0.4, 0.5) is 0 Å². The molecule has 1 aliphatic rings. The summed E-state index contributed by atoms with van der Waals surface area (Å²) in [5, 5.41) is 0.734. The van der Waals surface area contributed by atoms with Crippen LogP contribution in [-0.4, -0.2) is 12.3 Å². The summed E-state index contributed by atoms with van der Waals surface area (Å²) >= 11 is 6.39. The standard InChI is InChI=1S/C17H24ClNO/c1-17(2)8-5-12(6-9-17)14-4-3-13(11-15(14)18)16(20)7-10-19/h3-4,11-12H,5-10,19H2,1-2H3. The summed E-state index contributed by atoms with van der Waals surface area (Å²) in [6.45, 7) is 5.05. The number of ketones is 1. The molecule has 2 nitrogen and oxygen atoms in total. The van der Waals surface area contributed by atoms with E-state index in [1.54, 1.807) is 0 Å². The van der Waals surface area contributed by atoms with Crippen molar-refractivity contribution >= 4 is 17.4 Å². The molecule has 2 rings (SSSR count). The Bertz CT molecular complexity index is 486. The number of halogens is 1. The predicted molar refractivity (Wildman–Crippen MR) is 84.4 cm³/mol. The highest BCUT2D eigenvalue weighted by Gasteiger charge is 2.28. The van der Waals surface area contributed by atoms with Crippen LogP contribution in [0.5, 0.6) is 0 Å². The zero-order chi connectivity index (χ0) is 14.8. The van der Waals surface area contributed by atoms with Gasteiger partial charge in [0, 0.05) is 17.0 Å². The molecule has 1 aromatic carbocycles. The highest BCUT2D eigenvalue weighted by molar-refractivity contribution is 6.31. The Balaban J connectivity index is 2.12. The van der Waals surface area contributed by atoms with Gasteiger partial charge in [0.05, 0.1) is 0 Å². The SMILES string of the molecule is CC1(C)CCC(c2ccc(C(=O)CCN)cc2Cl)CC1. The zero-order valence-electron chi connectivity index (χ0n) is 12.4. The molecule has 0 amide bonds. The van der Waals surface area contributed by atoms with Gasteiger partial charge in [0.2, 0.25) is 0 Å². The van der Waals surface area contributed by atoms with E-state index in [1.165, 1.54) is 31.2 Å². The van der Waals surface area contributed by atoms with Crippen molar-refractivity contribution in [1.29, 1.82) is 0 Å². The van der Waals surface area contributed by atoms with Crippen molar-refractivity contribution in [3.63, 3.8) is 0 Å². The second kappa shape index (κ2) is 6.28. The molecule has 0 saturated heterocycles. The minimum atomic E-state index is 0.0747. The maximum absolute atomic E-state index is 11.8. The summed E-state index contributed by atoms with van der Waals surface area (Å²) in [7, 11) is 0. The van der Waals surface area contributed by atoms with Gasteiger partial charge in [0.25, 0.3) is 0 Å². The maximum atomic E-state index is 11.8. The van der Waals surface area contributed by atoms with Crippen molar-refractivity contribution in [2.75, 3.05) is 6.54 Å². The van der Waals surface area contributed by atoms with E-state index in [1.807, 2.05) is 18.2 Å². The number of nitrogens with two attached hydrogens (primary N) is 1. The van der Waals surface area contributed by atoms with Crippen LogP contribution in [0.3, 0.4) is 0 Å². The first-order valence-corrected chi connectivity index (χ1v) is 7.83. The zero-order valence-corrected chi connectivity index (χ0v) is 13.2. The molecule has 0 aliphatic heterocycles. The molecule has 0 bridgehead atoms. The second-order valence-corrected chi connectivity index (χ2v) is 7.04. The fraction of sp³-hybridized carbons (Fsp3) is 0.588. The lowest BCUT2D eigenvalue weighted by molar-refractivity contribution is 0.0985. The highest BCUT2D eigenvalue weighted by atomic mass is 35.5. The topological polar surface area (TPSA) is 43.1 Å². The molecule has 0 aromatic heterocycles. The third-order valence-electron chi connectivity index (χ3n) is 4.47. The lowest BCUT2D eigenvalue weighted by atomic mass is 9.71. The van der Waals surface area contributed by atoms with Crippen LogP contribution in [0.2, 0.25) is 5.02 Å². The third kappa shape index (κ3) is 3.62.